The van der Waals surface area contributed by atoms with E-state index in [1.54, 1.807) is 0 Å². The van der Waals surface area contributed by atoms with E-state index in [9.17, 15) is 9.18 Å². The van der Waals surface area contributed by atoms with Crippen LogP contribution in [0.4, 0.5) is 10.1 Å². The van der Waals surface area contributed by atoms with Gasteiger partial charge in [-0.25, -0.2) is 4.39 Å². The molecule has 0 saturated heterocycles. The molecule has 0 unspecified atom stereocenters. The molecule has 0 bridgehead atoms. The molecule has 0 aromatic heterocycles. The van der Waals surface area contributed by atoms with Gasteiger partial charge in [0, 0.05) is 13.1 Å². The fourth-order valence-electron chi connectivity index (χ4n) is 1.15. The summed E-state index contributed by atoms with van der Waals surface area (Å²) in [5, 5.41) is 0. The van der Waals surface area contributed by atoms with E-state index in [4.69, 9.17) is 16.3 Å². The largest absolute Gasteiger partial charge is 0.495 e. The minimum atomic E-state index is -0.431. The van der Waals surface area contributed by atoms with Crippen LogP contribution in [0.25, 0.3) is 0 Å². The number of hydrogen-bond donors (Lipinski definition) is 0. The Bertz CT molecular complexity index is 370. The van der Waals surface area contributed by atoms with Gasteiger partial charge in [-0.3, -0.25) is 4.79 Å². The summed E-state index contributed by atoms with van der Waals surface area (Å²) in [6.07, 6.45) is 0. The van der Waals surface area contributed by atoms with E-state index in [0.717, 1.165) is 0 Å². The topological polar surface area (TPSA) is 29.5 Å². The normalized spacial score (nSPS) is 9.87. The van der Waals surface area contributed by atoms with Gasteiger partial charge in [0.05, 0.1) is 12.8 Å². The summed E-state index contributed by atoms with van der Waals surface area (Å²) in [5.41, 5.74) is 0.364. The highest BCUT2D eigenvalue weighted by atomic mass is 35.5. The molecule has 1 rings (SSSR count). The Morgan fingerprint density at radius 2 is 2.27 bits per heavy atom. The van der Waals surface area contributed by atoms with Gasteiger partial charge in [0.25, 0.3) is 0 Å². The van der Waals surface area contributed by atoms with Crippen LogP contribution in [0.1, 0.15) is 0 Å². The monoisotopic (exact) mass is 231 g/mol. The van der Waals surface area contributed by atoms with Gasteiger partial charge in [-0.15, -0.1) is 11.6 Å². The van der Waals surface area contributed by atoms with Crippen LogP contribution in [0.3, 0.4) is 0 Å². The molecule has 5 heteroatoms. The second kappa shape index (κ2) is 4.98. The van der Waals surface area contributed by atoms with Crippen molar-refractivity contribution in [1.29, 1.82) is 0 Å². The Morgan fingerprint density at radius 3 is 2.80 bits per heavy atom. The van der Waals surface area contributed by atoms with Crippen LogP contribution in [0.5, 0.6) is 5.75 Å². The van der Waals surface area contributed by atoms with Crippen LogP contribution >= 0.6 is 11.6 Å². The summed E-state index contributed by atoms with van der Waals surface area (Å²) in [7, 11) is 2.97. The van der Waals surface area contributed by atoms with Gasteiger partial charge in [-0.05, 0) is 12.1 Å². The van der Waals surface area contributed by atoms with Crippen molar-refractivity contribution < 1.29 is 13.9 Å². The smallest absolute Gasteiger partial charge is 0.241 e. The zero-order valence-corrected chi connectivity index (χ0v) is 9.21. The molecule has 0 aliphatic carbocycles. The second-order valence-corrected chi connectivity index (χ2v) is 3.17. The molecule has 0 aliphatic heterocycles. The van der Waals surface area contributed by atoms with Crippen LogP contribution in [-0.4, -0.2) is 25.9 Å². The Labute approximate surface area is 92.4 Å². The van der Waals surface area contributed by atoms with Crippen molar-refractivity contribution in [2.75, 3.05) is 24.9 Å². The molecule has 1 aromatic carbocycles. The van der Waals surface area contributed by atoms with E-state index in [2.05, 4.69) is 0 Å². The minimum Gasteiger partial charge on any atom is -0.495 e. The van der Waals surface area contributed by atoms with Gasteiger partial charge in [-0.2, -0.15) is 0 Å². The number of ether oxygens (including phenoxy) is 1. The first-order valence-corrected chi connectivity index (χ1v) is 4.79. The predicted molar refractivity (Wildman–Crippen MR) is 57.1 cm³/mol. The number of carbonyl (C=O) groups is 1. The molecule has 1 amide bonds. The van der Waals surface area contributed by atoms with Gasteiger partial charge >= 0.3 is 0 Å². The molecule has 0 heterocycles. The van der Waals surface area contributed by atoms with Crippen LogP contribution < -0.4 is 9.64 Å². The standard InChI is InChI=1S/C10H11ClFNO2/c1-13(10(14)6-11)8-5-7(12)3-4-9(8)15-2/h3-5H,6H2,1-2H3. The number of methoxy groups -OCH3 is 1. The maximum Gasteiger partial charge on any atom is 0.241 e. The molecule has 0 radical (unpaired) electrons. The van der Waals surface area contributed by atoms with E-state index in [1.807, 2.05) is 0 Å². The highest BCUT2D eigenvalue weighted by molar-refractivity contribution is 6.29. The molecule has 0 spiro atoms. The maximum absolute atomic E-state index is 13.0. The number of carbonyl (C=O) groups excluding carboxylic acids is 1. The summed E-state index contributed by atoms with van der Waals surface area (Å²) in [5.74, 6) is -0.478. The molecular formula is C10H11ClFNO2. The van der Waals surface area contributed by atoms with Crippen LogP contribution in [0, 0.1) is 5.82 Å². The van der Waals surface area contributed by atoms with Crippen LogP contribution in [0.15, 0.2) is 18.2 Å². The molecule has 0 atom stereocenters. The first kappa shape index (κ1) is 11.8. The third-order valence-corrected chi connectivity index (χ3v) is 2.22. The van der Waals surface area contributed by atoms with Crippen molar-refractivity contribution in [2.45, 2.75) is 0 Å². The number of anilines is 1. The van der Waals surface area contributed by atoms with Crippen molar-refractivity contribution in [3.63, 3.8) is 0 Å². The Hall–Kier alpha value is -1.29. The van der Waals surface area contributed by atoms with Gasteiger partial charge in [0.2, 0.25) is 5.91 Å². The zero-order valence-electron chi connectivity index (χ0n) is 8.46. The fraction of sp³-hybridized carbons (Fsp3) is 0.300. The van der Waals surface area contributed by atoms with Crippen LogP contribution in [0.2, 0.25) is 0 Å². The average Bonchev–Trinajstić information content (AvgIpc) is 2.27. The molecular weight excluding hydrogens is 221 g/mol. The lowest BCUT2D eigenvalue weighted by molar-refractivity contribution is -0.116. The maximum atomic E-state index is 13.0. The Morgan fingerprint density at radius 1 is 1.60 bits per heavy atom. The van der Waals surface area contributed by atoms with E-state index < -0.39 is 5.82 Å². The van der Waals surface area contributed by atoms with E-state index >= 15 is 0 Å². The number of amides is 1. The third kappa shape index (κ3) is 2.59. The molecule has 0 N–H and O–H groups in total. The summed E-state index contributed by atoms with van der Waals surface area (Å²) < 4.78 is 18.0. The number of benzene rings is 1. The summed E-state index contributed by atoms with van der Waals surface area (Å²) in [4.78, 5) is 12.6. The molecule has 82 valence electrons. The minimum absolute atomic E-state index is 0.157. The second-order valence-electron chi connectivity index (χ2n) is 2.90. The lowest BCUT2D eigenvalue weighted by atomic mass is 10.2. The van der Waals surface area contributed by atoms with E-state index in [-0.39, 0.29) is 11.8 Å². The predicted octanol–water partition coefficient (Wildman–Crippen LogP) is 2.04. The summed E-state index contributed by atoms with van der Waals surface area (Å²) in [6.45, 7) is 0. The van der Waals surface area contributed by atoms with Crippen molar-refractivity contribution in [1.82, 2.24) is 0 Å². The number of nitrogens with zero attached hydrogens (tertiary/aromatic N) is 1. The van der Waals surface area contributed by atoms with Gasteiger partial charge in [0.1, 0.15) is 17.4 Å². The SMILES string of the molecule is COc1ccc(F)cc1N(C)C(=O)CCl. The molecule has 0 fully saturated rings. The third-order valence-electron chi connectivity index (χ3n) is 1.99. The molecule has 15 heavy (non-hydrogen) atoms. The van der Waals surface area contributed by atoms with E-state index in [0.29, 0.717) is 11.4 Å². The Balaban J connectivity index is 3.10. The number of alkyl halides is 1. The zero-order chi connectivity index (χ0) is 11.4. The number of halogens is 2. The number of rotatable bonds is 3. The average molecular weight is 232 g/mol. The number of hydrogen-bond acceptors (Lipinski definition) is 2. The van der Waals surface area contributed by atoms with E-state index in [1.165, 1.54) is 37.3 Å². The highest BCUT2D eigenvalue weighted by Crippen LogP contribution is 2.28. The van der Waals surface area contributed by atoms with Crippen molar-refractivity contribution in [3.05, 3.63) is 24.0 Å². The molecule has 3 nitrogen and oxygen atoms in total. The first-order valence-electron chi connectivity index (χ1n) is 4.26. The van der Waals surface area contributed by atoms with Crippen molar-refractivity contribution in [2.24, 2.45) is 0 Å². The summed E-state index contributed by atoms with van der Waals surface area (Å²) in [6, 6.07) is 3.95. The molecule has 1 aromatic rings. The Kier molecular flexibility index (Phi) is 3.91. The van der Waals surface area contributed by atoms with Crippen molar-refractivity contribution in [3.8, 4) is 5.75 Å². The van der Waals surface area contributed by atoms with Gasteiger partial charge in [0.15, 0.2) is 0 Å². The summed E-state index contributed by atoms with van der Waals surface area (Å²) >= 11 is 5.41. The van der Waals surface area contributed by atoms with Gasteiger partial charge < -0.3 is 9.64 Å². The van der Waals surface area contributed by atoms with Gasteiger partial charge in [-0.1, -0.05) is 0 Å². The quantitative estimate of drug-likeness (QED) is 0.745. The lowest BCUT2D eigenvalue weighted by Gasteiger charge is -2.18. The lowest BCUT2D eigenvalue weighted by Crippen LogP contribution is -2.27. The molecule has 0 aliphatic rings. The first-order chi connectivity index (χ1) is 7.10. The fourth-order valence-corrected chi connectivity index (χ4v) is 1.33. The highest BCUT2D eigenvalue weighted by Gasteiger charge is 2.14. The van der Waals surface area contributed by atoms with Crippen molar-refractivity contribution >= 4 is 23.2 Å². The molecule has 0 saturated carbocycles. The van der Waals surface area contributed by atoms with Crippen LogP contribution in [-0.2, 0) is 4.79 Å².